The van der Waals surface area contributed by atoms with Gasteiger partial charge < -0.3 is 4.74 Å². The van der Waals surface area contributed by atoms with Gasteiger partial charge in [0.1, 0.15) is 4.60 Å². The third kappa shape index (κ3) is 2.44. The van der Waals surface area contributed by atoms with E-state index in [0.717, 1.165) is 28.6 Å². The van der Waals surface area contributed by atoms with Crippen molar-refractivity contribution in [1.29, 1.82) is 0 Å². The Hall–Kier alpha value is -0.570. The zero-order valence-electron chi connectivity index (χ0n) is 7.59. The summed E-state index contributed by atoms with van der Waals surface area (Å²) >= 11 is 3.38. The van der Waals surface area contributed by atoms with Crippen molar-refractivity contribution in [3.63, 3.8) is 0 Å². The lowest BCUT2D eigenvalue weighted by Gasteiger charge is -2.06. The minimum Gasteiger partial charge on any atom is -0.490 e. The second-order valence-corrected chi connectivity index (χ2v) is 4.25. The molecule has 1 heterocycles. The van der Waals surface area contributed by atoms with Crippen LogP contribution in [0.15, 0.2) is 16.7 Å². The van der Waals surface area contributed by atoms with Gasteiger partial charge in [-0.3, -0.25) is 0 Å². The Morgan fingerprint density at radius 3 is 2.92 bits per heavy atom. The van der Waals surface area contributed by atoms with Gasteiger partial charge in [-0.1, -0.05) is 0 Å². The van der Waals surface area contributed by atoms with Gasteiger partial charge in [-0.25, -0.2) is 4.98 Å². The molecule has 0 unspecified atom stereocenters. The molecule has 1 aromatic heterocycles. The van der Waals surface area contributed by atoms with Gasteiger partial charge in [0.25, 0.3) is 0 Å². The normalized spacial score (nSPS) is 15.8. The summed E-state index contributed by atoms with van der Waals surface area (Å²) in [4.78, 5) is 4.26. The zero-order chi connectivity index (χ0) is 9.26. The van der Waals surface area contributed by atoms with Crippen LogP contribution in [0.1, 0.15) is 18.5 Å². The average Bonchev–Trinajstić information content (AvgIpc) is 2.86. The van der Waals surface area contributed by atoms with E-state index in [1.54, 1.807) is 0 Å². The summed E-state index contributed by atoms with van der Waals surface area (Å²) in [5, 5.41) is 0. The lowest BCUT2D eigenvalue weighted by molar-refractivity contribution is 0.296. The number of nitrogens with zero attached hydrogens (tertiary/aromatic N) is 1. The van der Waals surface area contributed by atoms with E-state index in [1.165, 1.54) is 12.8 Å². The molecule has 1 fully saturated rings. The second kappa shape index (κ2) is 3.66. The van der Waals surface area contributed by atoms with Crippen molar-refractivity contribution >= 4 is 15.9 Å². The first kappa shape index (κ1) is 9.00. The highest BCUT2D eigenvalue weighted by atomic mass is 79.9. The highest BCUT2D eigenvalue weighted by Gasteiger charge is 2.22. The topological polar surface area (TPSA) is 22.1 Å². The van der Waals surface area contributed by atoms with Gasteiger partial charge in [-0.2, -0.15) is 0 Å². The quantitative estimate of drug-likeness (QED) is 0.760. The Balaban J connectivity index is 2.01. The molecule has 13 heavy (non-hydrogen) atoms. The van der Waals surface area contributed by atoms with E-state index in [2.05, 4.69) is 20.9 Å². The third-order valence-corrected chi connectivity index (χ3v) is 2.69. The molecule has 1 saturated carbocycles. The molecule has 1 aromatic rings. The molecule has 2 rings (SSSR count). The Labute approximate surface area is 86.5 Å². The molecule has 0 saturated heterocycles. The summed E-state index contributed by atoms with van der Waals surface area (Å²) in [7, 11) is 0. The first-order valence-corrected chi connectivity index (χ1v) is 5.31. The van der Waals surface area contributed by atoms with Gasteiger partial charge in [0.05, 0.1) is 6.61 Å². The number of ether oxygens (including phenoxy) is 1. The molecule has 0 aromatic carbocycles. The van der Waals surface area contributed by atoms with Crippen LogP contribution in [-0.4, -0.2) is 11.6 Å². The molecular formula is C10H12BrNO. The van der Waals surface area contributed by atoms with E-state index in [9.17, 15) is 0 Å². The summed E-state index contributed by atoms with van der Waals surface area (Å²) in [5.74, 6) is 1.64. The van der Waals surface area contributed by atoms with Crippen LogP contribution in [0.25, 0.3) is 0 Å². The molecule has 1 aliphatic carbocycles. The summed E-state index contributed by atoms with van der Waals surface area (Å²) in [6, 6.07) is 3.93. The number of pyridine rings is 1. The van der Waals surface area contributed by atoms with Crippen LogP contribution >= 0.6 is 15.9 Å². The van der Waals surface area contributed by atoms with Crippen LogP contribution in [0.3, 0.4) is 0 Å². The average molecular weight is 242 g/mol. The molecular weight excluding hydrogens is 230 g/mol. The van der Waals surface area contributed by atoms with Crippen LogP contribution in [0, 0.1) is 12.8 Å². The standard InChI is InChI=1S/C10H12BrNO/c1-7-2-5-9(10(11)12-7)13-6-8-3-4-8/h2,5,8H,3-4,6H2,1H3. The van der Waals surface area contributed by atoms with Gasteiger partial charge in [0, 0.05) is 5.69 Å². The first-order chi connectivity index (χ1) is 6.25. The highest BCUT2D eigenvalue weighted by molar-refractivity contribution is 9.10. The predicted octanol–water partition coefficient (Wildman–Crippen LogP) is 2.94. The molecule has 0 radical (unpaired) electrons. The fourth-order valence-corrected chi connectivity index (χ4v) is 1.64. The summed E-state index contributed by atoms with van der Waals surface area (Å²) in [6.07, 6.45) is 2.63. The van der Waals surface area contributed by atoms with Gasteiger partial charge in [-0.05, 0) is 53.7 Å². The SMILES string of the molecule is Cc1ccc(OCC2CC2)c(Br)n1. The Kier molecular flexibility index (Phi) is 2.54. The zero-order valence-corrected chi connectivity index (χ0v) is 9.17. The third-order valence-electron chi connectivity index (χ3n) is 2.13. The smallest absolute Gasteiger partial charge is 0.152 e. The van der Waals surface area contributed by atoms with Crippen LogP contribution < -0.4 is 4.74 Å². The predicted molar refractivity (Wildman–Crippen MR) is 54.9 cm³/mol. The van der Waals surface area contributed by atoms with Crippen LogP contribution in [0.5, 0.6) is 5.75 Å². The Bertz CT molecular complexity index is 310. The van der Waals surface area contributed by atoms with E-state index < -0.39 is 0 Å². The lowest BCUT2D eigenvalue weighted by Crippen LogP contribution is -2.00. The molecule has 0 bridgehead atoms. The highest BCUT2D eigenvalue weighted by Crippen LogP contribution is 2.31. The van der Waals surface area contributed by atoms with Gasteiger partial charge in [-0.15, -0.1) is 0 Å². The fraction of sp³-hybridized carbons (Fsp3) is 0.500. The molecule has 3 heteroatoms. The van der Waals surface area contributed by atoms with Crippen LogP contribution in [0.4, 0.5) is 0 Å². The Morgan fingerprint density at radius 1 is 1.54 bits per heavy atom. The lowest BCUT2D eigenvalue weighted by atomic mass is 10.4. The summed E-state index contributed by atoms with van der Waals surface area (Å²) in [5.41, 5.74) is 1.01. The monoisotopic (exact) mass is 241 g/mol. The minimum atomic E-state index is 0.785. The number of aromatic nitrogens is 1. The molecule has 0 spiro atoms. The van der Waals surface area contributed by atoms with E-state index in [1.807, 2.05) is 19.1 Å². The van der Waals surface area contributed by atoms with Crippen molar-refractivity contribution in [2.45, 2.75) is 19.8 Å². The number of hydrogen-bond acceptors (Lipinski definition) is 2. The van der Waals surface area contributed by atoms with E-state index in [4.69, 9.17) is 4.74 Å². The molecule has 2 nitrogen and oxygen atoms in total. The van der Waals surface area contributed by atoms with Crippen molar-refractivity contribution < 1.29 is 4.74 Å². The number of halogens is 1. The second-order valence-electron chi connectivity index (χ2n) is 3.50. The number of aryl methyl sites for hydroxylation is 1. The fourth-order valence-electron chi connectivity index (χ4n) is 1.11. The van der Waals surface area contributed by atoms with Crippen molar-refractivity contribution in [2.24, 2.45) is 5.92 Å². The molecule has 0 atom stereocenters. The van der Waals surface area contributed by atoms with E-state index >= 15 is 0 Å². The van der Waals surface area contributed by atoms with Crippen molar-refractivity contribution in [1.82, 2.24) is 4.98 Å². The van der Waals surface area contributed by atoms with Crippen LogP contribution in [0.2, 0.25) is 0 Å². The maximum atomic E-state index is 5.61. The maximum Gasteiger partial charge on any atom is 0.152 e. The van der Waals surface area contributed by atoms with Crippen molar-refractivity contribution in [2.75, 3.05) is 6.61 Å². The largest absolute Gasteiger partial charge is 0.490 e. The minimum absolute atomic E-state index is 0.785. The Morgan fingerprint density at radius 2 is 2.31 bits per heavy atom. The van der Waals surface area contributed by atoms with E-state index in [-0.39, 0.29) is 0 Å². The molecule has 0 amide bonds. The van der Waals surface area contributed by atoms with Crippen molar-refractivity contribution in [3.8, 4) is 5.75 Å². The van der Waals surface area contributed by atoms with Gasteiger partial charge >= 0.3 is 0 Å². The molecule has 0 aliphatic heterocycles. The van der Waals surface area contributed by atoms with Gasteiger partial charge in [0.15, 0.2) is 5.75 Å². The molecule has 1 aliphatic rings. The maximum absolute atomic E-state index is 5.61. The van der Waals surface area contributed by atoms with E-state index in [0.29, 0.717) is 0 Å². The summed E-state index contributed by atoms with van der Waals surface area (Å²) < 4.78 is 6.42. The van der Waals surface area contributed by atoms with Gasteiger partial charge in [0.2, 0.25) is 0 Å². The molecule has 0 N–H and O–H groups in total. The first-order valence-electron chi connectivity index (χ1n) is 4.51. The summed E-state index contributed by atoms with van der Waals surface area (Å²) in [6.45, 7) is 2.80. The van der Waals surface area contributed by atoms with Crippen molar-refractivity contribution in [3.05, 3.63) is 22.4 Å². The number of hydrogen-bond donors (Lipinski definition) is 0. The molecule has 70 valence electrons. The van der Waals surface area contributed by atoms with Crippen LogP contribution in [-0.2, 0) is 0 Å². The number of rotatable bonds is 3.